The lowest BCUT2D eigenvalue weighted by atomic mass is 9.84. The fourth-order valence-electron chi connectivity index (χ4n) is 3.00. The number of hydrogen-bond acceptors (Lipinski definition) is 2. The van der Waals surface area contributed by atoms with E-state index in [0.717, 1.165) is 23.3 Å². The van der Waals surface area contributed by atoms with Crippen molar-refractivity contribution in [2.45, 2.75) is 18.8 Å². The highest BCUT2D eigenvalue weighted by Crippen LogP contribution is 2.39. The monoisotopic (exact) mass is 277 g/mol. The van der Waals surface area contributed by atoms with Gasteiger partial charge in [0, 0.05) is 17.9 Å². The second-order valence-corrected chi connectivity index (χ2v) is 5.48. The molecule has 4 heteroatoms. The lowest BCUT2D eigenvalue weighted by molar-refractivity contribution is -0.116. The van der Waals surface area contributed by atoms with Crippen molar-refractivity contribution < 1.29 is 4.79 Å². The molecule has 1 aliphatic heterocycles. The second-order valence-electron chi connectivity index (χ2n) is 5.48. The molecule has 0 saturated carbocycles. The topological polar surface area (TPSA) is 57.8 Å². The van der Waals surface area contributed by atoms with E-state index in [9.17, 15) is 4.79 Å². The molecule has 0 bridgehead atoms. The normalized spacial score (nSPS) is 19.5. The standard InChI is InChI=1S/C17H15N3O/c21-14-10-13(9-11-5-2-1-3-6-11)15-16(12-7-4-8-12)19-20-17(15)18-14/h1-8,13H,9-10H2,(H2,18,19,20,21). The molecule has 2 aliphatic rings. The van der Waals surface area contributed by atoms with Crippen molar-refractivity contribution in [3.8, 4) is 0 Å². The Morgan fingerprint density at radius 2 is 2.05 bits per heavy atom. The number of benzene rings is 1. The molecule has 0 fully saturated rings. The fraction of sp³-hybridized carbons (Fsp3) is 0.176. The highest BCUT2D eigenvalue weighted by molar-refractivity contribution is 5.95. The Balaban J connectivity index is 1.72. The minimum atomic E-state index is 0.0413. The number of hydrogen-bond donors (Lipinski definition) is 2. The van der Waals surface area contributed by atoms with Gasteiger partial charge in [-0.05, 0) is 17.6 Å². The third kappa shape index (κ3) is 2.09. The highest BCUT2D eigenvalue weighted by Gasteiger charge is 2.31. The van der Waals surface area contributed by atoms with Crippen molar-refractivity contribution in [2.24, 2.45) is 0 Å². The summed E-state index contributed by atoms with van der Waals surface area (Å²) in [5, 5.41) is 10.2. The summed E-state index contributed by atoms with van der Waals surface area (Å²) in [7, 11) is 0. The maximum atomic E-state index is 11.9. The van der Waals surface area contributed by atoms with Gasteiger partial charge in [0.25, 0.3) is 0 Å². The number of fused-ring (bicyclic) bond motifs is 1. The molecular weight excluding hydrogens is 262 g/mol. The zero-order valence-electron chi connectivity index (χ0n) is 11.5. The molecule has 0 radical (unpaired) electrons. The quantitative estimate of drug-likeness (QED) is 0.906. The van der Waals surface area contributed by atoms with E-state index < -0.39 is 0 Å². The molecule has 21 heavy (non-hydrogen) atoms. The van der Waals surface area contributed by atoms with Gasteiger partial charge >= 0.3 is 0 Å². The molecule has 1 aliphatic carbocycles. The number of aromatic nitrogens is 2. The molecule has 4 nitrogen and oxygen atoms in total. The minimum absolute atomic E-state index is 0.0413. The van der Waals surface area contributed by atoms with Gasteiger partial charge in [0.05, 0.1) is 5.69 Å². The Morgan fingerprint density at radius 1 is 1.24 bits per heavy atom. The van der Waals surface area contributed by atoms with E-state index in [2.05, 4.69) is 39.8 Å². The summed E-state index contributed by atoms with van der Waals surface area (Å²) in [6.45, 7) is 0. The number of nitrogens with zero attached hydrogens (tertiary/aromatic N) is 1. The molecule has 2 heterocycles. The molecule has 1 aromatic heterocycles. The SMILES string of the molecule is O=C1CC(Cc2ccccc2)c2c(n[nH]c2C2=CC=C2)N1. The first-order valence-electron chi connectivity index (χ1n) is 7.12. The van der Waals surface area contributed by atoms with Crippen molar-refractivity contribution in [1.82, 2.24) is 10.2 Å². The van der Waals surface area contributed by atoms with Crippen LogP contribution in [-0.4, -0.2) is 16.1 Å². The van der Waals surface area contributed by atoms with Gasteiger partial charge < -0.3 is 5.32 Å². The van der Waals surface area contributed by atoms with Gasteiger partial charge in [-0.25, -0.2) is 0 Å². The highest BCUT2D eigenvalue weighted by atomic mass is 16.1. The molecule has 104 valence electrons. The lowest BCUT2D eigenvalue weighted by Gasteiger charge is -2.23. The average molecular weight is 277 g/mol. The van der Waals surface area contributed by atoms with Crippen molar-refractivity contribution in [3.63, 3.8) is 0 Å². The number of nitrogens with one attached hydrogen (secondary N) is 2. The lowest BCUT2D eigenvalue weighted by Crippen LogP contribution is -2.24. The maximum Gasteiger partial charge on any atom is 0.226 e. The first kappa shape index (κ1) is 12.1. The number of H-pyrrole nitrogens is 1. The van der Waals surface area contributed by atoms with Crippen LogP contribution in [0.15, 0.2) is 48.6 Å². The van der Waals surface area contributed by atoms with Crippen LogP contribution in [0.2, 0.25) is 0 Å². The number of rotatable bonds is 3. The number of amides is 1. The van der Waals surface area contributed by atoms with Gasteiger partial charge in [-0.1, -0.05) is 48.6 Å². The number of carbonyl (C=O) groups is 1. The van der Waals surface area contributed by atoms with E-state index in [4.69, 9.17) is 0 Å². The third-order valence-electron chi connectivity index (χ3n) is 4.07. The summed E-state index contributed by atoms with van der Waals surface area (Å²) in [6.07, 6.45) is 7.49. The van der Waals surface area contributed by atoms with Gasteiger partial charge in [-0.15, -0.1) is 0 Å². The number of allylic oxidation sites excluding steroid dienone is 4. The summed E-state index contributed by atoms with van der Waals surface area (Å²) in [5.41, 5.74) is 4.56. The number of carbonyl (C=O) groups excluding carboxylic acids is 1. The van der Waals surface area contributed by atoms with E-state index in [1.54, 1.807) is 0 Å². The molecule has 2 aromatic rings. The predicted molar refractivity (Wildman–Crippen MR) is 81.8 cm³/mol. The minimum Gasteiger partial charge on any atom is -0.309 e. The number of aromatic amines is 1. The van der Waals surface area contributed by atoms with Gasteiger partial charge in [-0.3, -0.25) is 9.89 Å². The van der Waals surface area contributed by atoms with E-state index in [0.29, 0.717) is 12.2 Å². The Bertz CT molecular complexity index is 756. The molecule has 4 rings (SSSR count). The van der Waals surface area contributed by atoms with Crippen LogP contribution in [0.3, 0.4) is 0 Å². The van der Waals surface area contributed by atoms with Crippen LogP contribution in [0.5, 0.6) is 0 Å². The molecule has 2 N–H and O–H groups in total. The van der Waals surface area contributed by atoms with Crippen LogP contribution in [0.1, 0.15) is 29.2 Å². The molecule has 1 atom stereocenters. The zero-order chi connectivity index (χ0) is 14.2. The Hall–Kier alpha value is -2.62. The molecule has 1 unspecified atom stereocenters. The summed E-state index contributed by atoms with van der Waals surface area (Å²) in [5.74, 6) is 0.891. The second kappa shape index (κ2) is 4.74. The first-order chi connectivity index (χ1) is 10.3. The van der Waals surface area contributed by atoms with Gasteiger partial charge in [-0.2, -0.15) is 5.10 Å². The zero-order valence-corrected chi connectivity index (χ0v) is 11.5. The summed E-state index contributed by atoms with van der Waals surface area (Å²) in [4.78, 5) is 11.9. The van der Waals surface area contributed by atoms with Crippen molar-refractivity contribution in [2.75, 3.05) is 5.32 Å². The van der Waals surface area contributed by atoms with E-state index in [1.165, 1.54) is 5.56 Å². The van der Waals surface area contributed by atoms with Gasteiger partial charge in [0.1, 0.15) is 0 Å². The van der Waals surface area contributed by atoms with Crippen molar-refractivity contribution in [1.29, 1.82) is 0 Å². The molecule has 1 amide bonds. The fourth-order valence-corrected chi connectivity index (χ4v) is 3.00. The molecule has 0 spiro atoms. The van der Waals surface area contributed by atoms with E-state index in [1.807, 2.05) is 24.3 Å². The molecular formula is C17H15N3O. The van der Waals surface area contributed by atoms with Crippen molar-refractivity contribution in [3.05, 3.63) is 65.4 Å². The Morgan fingerprint density at radius 3 is 2.76 bits per heavy atom. The smallest absolute Gasteiger partial charge is 0.226 e. The maximum absolute atomic E-state index is 11.9. The predicted octanol–water partition coefficient (Wildman–Crippen LogP) is 3.03. The molecule has 0 saturated heterocycles. The third-order valence-corrected chi connectivity index (χ3v) is 4.07. The van der Waals surface area contributed by atoms with E-state index in [-0.39, 0.29) is 11.8 Å². The van der Waals surface area contributed by atoms with Crippen LogP contribution in [0.4, 0.5) is 5.82 Å². The van der Waals surface area contributed by atoms with Crippen LogP contribution in [0, 0.1) is 0 Å². The van der Waals surface area contributed by atoms with Crippen LogP contribution in [-0.2, 0) is 11.2 Å². The summed E-state index contributed by atoms with van der Waals surface area (Å²) in [6, 6.07) is 10.3. The Kier molecular flexibility index (Phi) is 2.74. The van der Waals surface area contributed by atoms with Crippen LogP contribution < -0.4 is 5.32 Å². The molecule has 1 aromatic carbocycles. The van der Waals surface area contributed by atoms with Crippen LogP contribution in [0.25, 0.3) is 5.57 Å². The Labute approximate surface area is 122 Å². The van der Waals surface area contributed by atoms with Gasteiger partial charge in [0.15, 0.2) is 5.82 Å². The van der Waals surface area contributed by atoms with Gasteiger partial charge in [0.2, 0.25) is 5.91 Å². The van der Waals surface area contributed by atoms with Crippen molar-refractivity contribution >= 4 is 17.3 Å². The van der Waals surface area contributed by atoms with E-state index >= 15 is 0 Å². The summed E-state index contributed by atoms with van der Waals surface area (Å²) >= 11 is 0. The number of anilines is 1. The van der Waals surface area contributed by atoms with Crippen LogP contribution >= 0.6 is 0 Å². The first-order valence-corrected chi connectivity index (χ1v) is 7.12. The average Bonchev–Trinajstić information content (AvgIpc) is 2.81. The summed E-state index contributed by atoms with van der Waals surface area (Å²) < 4.78 is 0. The largest absolute Gasteiger partial charge is 0.309 e.